The monoisotopic (exact) mass is 635 g/mol. The van der Waals surface area contributed by atoms with E-state index in [1.165, 1.54) is 5.56 Å². The first-order valence-electron chi connectivity index (χ1n) is 12.0. The van der Waals surface area contributed by atoms with E-state index in [0.717, 1.165) is 26.5 Å². The fourth-order valence-electron chi connectivity index (χ4n) is 3.44. The molecule has 1 amide bonds. The maximum atomic E-state index is 12.5. The van der Waals surface area contributed by atoms with Crippen LogP contribution in [0.1, 0.15) is 50.3 Å². The highest BCUT2D eigenvalue weighted by atomic mass is 127. The van der Waals surface area contributed by atoms with Crippen LogP contribution < -0.4 is 9.47 Å². The van der Waals surface area contributed by atoms with Crippen molar-refractivity contribution in [3.8, 4) is 11.5 Å². The van der Waals surface area contributed by atoms with Crippen molar-refractivity contribution >= 4 is 57.3 Å². The fourth-order valence-corrected chi connectivity index (χ4v) is 5.25. The number of esters is 1. The smallest absolute Gasteiger partial charge is 0.344 e. The van der Waals surface area contributed by atoms with E-state index in [4.69, 9.17) is 14.2 Å². The minimum absolute atomic E-state index is 0.0969. The zero-order valence-electron chi connectivity index (χ0n) is 21.3. The van der Waals surface area contributed by atoms with Crippen LogP contribution in [-0.4, -0.2) is 35.2 Å². The van der Waals surface area contributed by atoms with Crippen molar-refractivity contribution in [2.45, 2.75) is 47.1 Å². The molecule has 7 nitrogen and oxygen atoms in total. The molecule has 0 saturated carbocycles. The summed E-state index contributed by atoms with van der Waals surface area (Å²) in [4.78, 5) is 29.2. The molecule has 0 unspecified atom stereocenters. The van der Waals surface area contributed by atoms with Gasteiger partial charge in [-0.2, -0.15) is 0 Å². The number of aryl methyl sites for hydroxylation is 1. The molecule has 0 spiro atoms. The van der Waals surface area contributed by atoms with Crippen LogP contribution in [0.3, 0.4) is 0 Å². The summed E-state index contributed by atoms with van der Waals surface area (Å²) in [5, 5.41) is 11.0. The third-order valence-electron chi connectivity index (χ3n) is 5.19. The van der Waals surface area contributed by atoms with E-state index in [1.807, 2.05) is 57.2 Å². The van der Waals surface area contributed by atoms with E-state index in [-0.39, 0.29) is 35.3 Å². The zero-order chi connectivity index (χ0) is 26.9. The maximum absolute atomic E-state index is 12.5. The molecule has 196 valence electrons. The van der Waals surface area contributed by atoms with Gasteiger partial charge in [0.2, 0.25) is 5.91 Å². The second-order valence-electron chi connectivity index (χ2n) is 8.15. The Morgan fingerprint density at radius 2 is 1.81 bits per heavy atom. The summed E-state index contributed by atoms with van der Waals surface area (Å²) in [6, 6.07) is 11.9. The number of aliphatic hydroxyl groups excluding tert-OH is 1. The predicted octanol–water partition coefficient (Wildman–Crippen LogP) is 6.77. The summed E-state index contributed by atoms with van der Waals surface area (Å²) in [7, 11) is 0. The number of carbonyl (C=O) groups excluding carboxylic acids is 2. The lowest BCUT2D eigenvalue weighted by atomic mass is 10.1. The molecule has 0 atom stereocenters. The van der Waals surface area contributed by atoms with Gasteiger partial charge in [-0.25, -0.2) is 9.79 Å². The number of aliphatic imine (C=N–C) groups is 1. The summed E-state index contributed by atoms with van der Waals surface area (Å²) in [6.07, 6.45) is 2.60. The summed E-state index contributed by atoms with van der Waals surface area (Å²) < 4.78 is 17.9. The van der Waals surface area contributed by atoms with Gasteiger partial charge in [0.25, 0.3) is 0 Å². The van der Waals surface area contributed by atoms with Gasteiger partial charge in [0.05, 0.1) is 21.7 Å². The highest BCUT2D eigenvalue weighted by Gasteiger charge is 2.33. The molecule has 0 saturated heterocycles. The number of halogens is 1. The lowest BCUT2D eigenvalue weighted by molar-refractivity contribution is -0.138. The molecule has 9 heteroatoms. The predicted molar refractivity (Wildman–Crippen MR) is 155 cm³/mol. The molecule has 1 N–H and O–H groups in total. The highest BCUT2D eigenvalue weighted by molar-refractivity contribution is 14.1. The normalized spacial score (nSPS) is 15.4. The number of thioether (sulfide) groups is 1. The Morgan fingerprint density at radius 1 is 1.08 bits per heavy atom. The van der Waals surface area contributed by atoms with Crippen LogP contribution in [0.5, 0.6) is 11.5 Å². The van der Waals surface area contributed by atoms with E-state index in [9.17, 15) is 14.7 Å². The highest BCUT2D eigenvalue weighted by Crippen LogP contribution is 2.41. The van der Waals surface area contributed by atoms with Gasteiger partial charge in [-0.3, -0.25) is 4.79 Å². The topological polar surface area (TPSA) is 94.4 Å². The van der Waals surface area contributed by atoms with Crippen LogP contribution in [0.15, 0.2) is 57.6 Å². The van der Waals surface area contributed by atoms with E-state index >= 15 is 0 Å². The molecule has 0 aromatic heterocycles. The molecule has 1 aliphatic heterocycles. The van der Waals surface area contributed by atoms with Gasteiger partial charge < -0.3 is 19.3 Å². The SMILES string of the molecule is CCCC(=O)N=C1S/C(=C\c2cc(I)c(OCc3ccc(C)cc3)c(OCC)c2)C(O)=C1C(=O)OCC. The van der Waals surface area contributed by atoms with Crippen molar-refractivity contribution in [3.05, 3.63) is 72.9 Å². The van der Waals surface area contributed by atoms with Crippen LogP contribution in [0.4, 0.5) is 0 Å². The maximum Gasteiger partial charge on any atom is 0.344 e. The van der Waals surface area contributed by atoms with Crippen LogP contribution in [-0.2, 0) is 20.9 Å². The van der Waals surface area contributed by atoms with E-state index in [0.29, 0.717) is 36.0 Å². The number of hydrogen-bond donors (Lipinski definition) is 1. The third-order valence-corrected chi connectivity index (χ3v) is 7.01. The number of nitrogens with zero attached hydrogens (tertiary/aromatic N) is 1. The van der Waals surface area contributed by atoms with Gasteiger partial charge in [-0.05, 0) is 79.1 Å². The summed E-state index contributed by atoms with van der Waals surface area (Å²) in [6.45, 7) is 8.45. The molecule has 0 fully saturated rings. The molecular weight excluding hydrogens is 605 g/mol. The van der Waals surface area contributed by atoms with Gasteiger partial charge in [0.15, 0.2) is 11.5 Å². The molecule has 2 aromatic rings. The number of aliphatic hydroxyl groups is 1. The van der Waals surface area contributed by atoms with Crippen LogP contribution in [0.2, 0.25) is 0 Å². The van der Waals surface area contributed by atoms with Crippen molar-refractivity contribution in [1.82, 2.24) is 0 Å². The second-order valence-corrected chi connectivity index (χ2v) is 10.3. The van der Waals surface area contributed by atoms with Crippen molar-refractivity contribution in [2.75, 3.05) is 13.2 Å². The van der Waals surface area contributed by atoms with Gasteiger partial charge >= 0.3 is 5.97 Å². The number of hydrogen-bond acceptors (Lipinski definition) is 7. The zero-order valence-corrected chi connectivity index (χ0v) is 24.3. The number of ether oxygens (including phenoxy) is 3. The number of benzene rings is 2. The first-order valence-corrected chi connectivity index (χ1v) is 13.9. The average Bonchev–Trinajstić information content (AvgIpc) is 3.14. The Balaban J connectivity index is 1.95. The van der Waals surface area contributed by atoms with Gasteiger partial charge in [-0.15, -0.1) is 0 Å². The Labute approximate surface area is 235 Å². The molecule has 0 radical (unpaired) electrons. The Bertz CT molecular complexity index is 1250. The molecule has 3 rings (SSSR count). The molecular formula is C28H30INO6S. The largest absolute Gasteiger partial charge is 0.506 e. The van der Waals surface area contributed by atoms with Crippen molar-refractivity contribution in [2.24, 2.45) is 4.99 Å². The number of carbonyl (C=O) groups is 2. The van der Waals surface area contributed by atoms with Gasteiger partial charge in [-0.1, -0.05) is 48.5 Å². The van der Waals surface area contributed by atoms with Crippen molar-refractivity contribution < 1.29 is 28.9 Å². The second kappa shape index (κ2) is 13.7. The lowest BCUT2D eigenvalue weighted by Gasteiger charge is -2.15. The quantitative estimate of drug-likeness (QED) is 0.228. The first kappa shape index (κ1) is 28.8. The number of rotatable bonds is 10. The minimum Gasteiger partial charge on any atom is -0.506 e. The lowest BCUT2D eigenvalue weighted by Crippen LogP contribution is -2.14. The Morgan fingerprint density at radius 3 is 2.46 bits per heavy atom. The van der Waals surface area contributed by atoms with E-state index < -0.39 is 5.97 Å². The number of amides is 1. The van der Waals surface area contributed by atoms with E-state index in [2.05, 4.69) is 27.6 Å². The molecule has 2 aromatic carbocycles. The van der Waals surface area contributed by atoms with Crippen LogP contribution >= 0.6 is 34.4 Å². The standard InChI is InChI=1S/C28H30INO6S/c1-5-8-23(31)30-27-24(28(33)35-7-3)25(32)22(37-27)15-19-13-20(29)26(21(14-19)34-6-2)36-16-18-11-9-17(4)10-12-18/h9-15,32H,5-8,16H2,1-4H3/b22-15-,30-27?. The van der Waals surface area contributed by atoms with Crippen molar-refractivity contribution in [1.29, 1.82) is 0 Å². The van der Waals surface area contributed by atoms with Crippen molar-refractivity contribution in [3.63, 3.8) is 0 Å². The minimum atomic E-state index is -0.719. The summed E-state index contributed by atoms with van der Waals surface area (Å²) in [5.41, 5.74) is 2.86. The van der Waals surface area contributed by atoms with Gasteiger partial charge in [0.1, 0.15) is 23.0 Å². The van der Waals surface area contributed by atoms with Crippen LogP contribution in [0, 0.1) is 10.5 Å². The Hall–Kier alpha value is -2.79. The van der Waals surface area contributed by atoms with Crippen LogP contribution in [0.25, 0.3) is 6.08 Å². The molecule has 1 heterocycles. The summed E-state index contributed by atoms with van der Waals surface area (Å²) in [5.74, 6) is -0.146. The average molecular weight is 636 g/mol. The molecule has 0 bridgehead atoms. The Kier molecular flexibility index (Phi) is 10.6. The molecule has 0 aliphatic carbocycles. The molecule has 37 heavy (non-hydrogen) atoms. The van der Waals surface area contributed by atoms with Gasteiger partial charge in [0, 0.05) is 6.42 Å². The van der Waals surface area contributed by atoms with E-state index in [1.54, 1.807) is 13.0 Å². The molecule has 1 aliphatic rings. The first-order chi connectivity index (χ1) is 17.8. The fraction of sp³-hybridized carbons (Fsp3) is 0.321. The third kappa shape index (κ3) is 7.61. The summed E-state index contributed by atoms with van der Waals surface area (Å²) >= 11 is 3.25.